The molecule has 0 saturated carbocycles. The Morgan fingerprint density at radius 1 is 0.902 bits per heavy atom. The molecule has 1 unspecified atom stereocenters. The van der Waals surface area contributed by atoms with E-state index in [1.165, 1.54) is 30.0 Å². The summed E-state index contributed by atoms with van der Waals surface area (Å²) < 4.78 is 15.6. The lowest BCUT2D eigenvalue weighted by molar-refractivity contribution is -0.142. The standard InChI is InChI=1S/C32H35FN4O3S/c1-20(34)21-11-9-12-23(16-21)31(39)37(4)28(18-24-19-41-29-15-8-6-13-25(24)29)32(40)36(3)27(30(38)35-2)17-22-10-5-7-14-26(22)33/h5-16,19-20,27-28H,17-18,34H2,1-4H3,(H,35,38)/t20?,27-,28-/m1/s1. The number of hydrogen-bond donors (Lipinski definition) is 2. The highest BCUT2D eigenvalue weighted by Gasteiger charge is 2.36. The van der Waals surface area contributed by atoms with Gasteiger partial charge < -0.3 is 20.9 Å². The number of nitrogens with one attached hydrogen (secondary N) is 1. The van der Waals surface area contributed by atoms with E-state index >= 15 is 0 Å². The van der Waals surface area contributed by atoms with Gasteiger partial charge in [0.15, 0.2) is 0 Å². The van der Waals surface area contributed by atoms with Crippen molar-refractivity contribution in [3.63, 3.8) is 0 Å². The van der Waals surface area contributed by atoms with Gasteiger partial charge in [0.1, 0.15) is 17.9 Å². The second-order valence-electron chi connectivity index (χ2n) is 10.2. The highest BCUT2D eigenvalue weighted by molar-refractivity contribution is 7.17. The van der Waals surface area contributed by atoms with E-state index in [9.17, 15) is 18.8 Å². The van der Waals surface area contributed by atoms with Gasteiger partial charge in [-0.1, -0.05) is 48.5 Å². The van der Waals surface area contributed by atoms with Crippen molar-refractivity contribution in [2.24, 2.45) is 5.73 Å². The van der Waals surface area contributed by atoms with Crippen molar-refractivity contribution in [3.05, 3.63) is 106 Å². The summed E-state index contributed by atoms with van der Waals surface area (Å²) in [5.41, 5.74) is 8.50. The van der Waals surface area contributed by atoms with Crippen LogP contribution < -0.4 is 11.1 Å². The molecule has 41 heavy (non-hydrogen) atoms. The first-order valence-electron chi connectivity index (χ1n) is 13.4. The Bertz CT molecular complexity index is 1550. The Hall–Kier alpha value is -4.08. The Morgan fingerprint density at radius 2 is 1.59 bits per heavy atom. The van der Waals surface area contributed by atoms with Crippen LogP contribution in [0.4, 0.5) is 4.39 Å². The third-order valence-electron chi connectivity index (χ3n) is 7.44. The van der Waals surface area contributed by atoms with Crippen LogP contribution in [0.3, 0.4) is 0 Å². The molecule has 1 heterocycles. The number of halogens is 1. The van der Waals surface area contributed by atoms with E-state index in [0.717, 1.165) is 21.2 Å². The maximum absolute atomic E-state index is 14.6. The van der Waals surface area contributed by atoms with Crippen molar-refractivity contribution in [1.29, 1.82) is 0 Å². The van der Waals surface area contributed by atoms with Gasteiger partial charge in [0.05, 0.1) is 0 Å². The number of nitrogens with two attached hydrogens (primary N) is 1. The fourth-order valence-electron chi connectivity index (χ4n) is 4.92. The van der Waals surface area contributed by atoms with Gasteiger partial charge in [0, 0.05) is 50.3 Å². The molecule has 4 rings (SSSR count). The van der Waals surface area contributed by atoms with Crippen LogP contribution in [0.15, 0.2) is 78.2 Å². The van der Waals surface area contributed by atoms with Gasteiger partial charge in [0.25, 0.3) is 5.91 Å². The number of rotatable bonds is 10. The van der Waals surface area contributed by atoms with Crippen molar-refractivity contribution >= 4 is 39.1 Å². The molecule has 4 aromatic rings. The van der Waals surface area contributed by atoms with E-state index in [1.54, 1.807) is 54.8 Å². The average Bonchev–Trinajstić information content (AvgIpc) is 3.40. The molecular weight excluding hydrogens is 539 g/mol. The molecule has 0 fully saturated rings. The quantitative estimate of drug-likeness (QED) is 0.290. The molecule has 214 valence electrons. The van der Waals surface area contributed by atoms with Crippen LogP contribution in [0, 0.1) is 5.82 Å². The first kappa shape index (κ1) is 29.9. The molecule has 0 radical (unpaired) electrons. The van der Waals surface area contributed by atoms with Crippen LogP contribution in [0.2, 0.25) is 0 Å². The fourth-order valence-corrected chi connectivity index (χ4v) is 5.90. The normalized spacial score (nSPS) is 13.3. The monoisotopic (exact) mass is 574 g/mol. The first-order chi connectivity index (χ1) is 19.6. The predicted octanol–water partition coefficient (Wildman–Crippen LogP) is 4.56. The smallest absolute Gasteiger partial charge is 0.254 e. The van der Waals surface area contributed by atoms with Crippen molar-refractivity contribution in [1.82, 2.24) is 15.1 Å². The van der Waals surface area contributed by atoms with Gasteiger partial charge in [-0.25, -0.2) is 4.39 Å². The van der Waals surface area contributed by atoms with Gasteiger partial charge in [-0.15, -0.1) is 11.3 Å². The Morgan fingerprint density at radius 3 is 2.29 bits per heavy atom. The second kappa shape index (κ2) is 13.1. The topological polar surface area (TPSA) is 95.7 Å². The molecule has 3 atom stereocenters. The largest absolute Gasteiger partial charge is 0.357 e. The lowest BCUT2D eigenvalue weighted by Crippen LogP contribution is -2.55. The predicted molar refractivity (Wildman–Crippen MR) is 161 cm³/mol. The zero-order valence-electron chi connectivity index (χ0n) is 23.6. The molecule has 0 aliphatic carbocycles. The van der Waals surface area contributed by atoms with E-state index in [1.807, 2.05) is 42.6 Å². The maximum atomic E-state index is 14.6. The van der Waals surface area contributed by atoms with E-state index in [4.69, 9.17) is 5.73 Å². The van der Waals surface area contributed by atoms with Gasteiger partial charge in [-0.3, -0.25) is 14.4 Å². The summed E-state index contributed by atoms with van der Waals surface area (Å²) in [6.07, 6.45) is 0.222. The highest BCUT2D eigenvalue weighted by Crippen LogP contribution is 2.28. The average molecular weight is 575 g/mol. The SMILES string of the molecule is CNC(=O)[C@@H](Cc1ccccc1F)N(C)C(=O)[C@@H](Cc1csc2ccccc12)N(C)C(=O)c1cccc(C(C)N)c1. The van der Waals surface area contributed by atoms with Crippen LogP contribution in [0.1, 0.15) is 40.0 Å². The minimum Gasteiger partial charge on any atom is -0.357 e. The summed E-state index contributed by atoms with van der Waals surface area (Å²) in [6.45, 7) is 1.84. The number of amides is 3. The fraction of sp³-hybridized carbons (Fsp3) is 0.281. The van der Waals surface area contributed by atoms with Crippen LogP contribution in [-0.4, -0.2) is 60.7 Å². The third kappa shape index (κ3) is 6.64. The van der Waals surface area contributed by atoms with Crippen molar-refractivity contribution in [2.75, 3.05) is 21.1 Å². The van der Waals surface area contributed by atoms with Gasteiger partial charge >= 0.3 is 0 Å². The lowest BCUT2D eigenvalue weighted by atomic mass is 9.99. The van der Waals surface area contributed by atoms with Crippen LogP contribution >= 0.6 is 11.3 Å². The van der Waals surface area contributed by atoms with E-state index < -0.39 is 29.7 Å². The van der Waals surface area contributed by atoms with E-state index in [-0.39, 0.29) is 24.8 Å². The molecule has 0 aliphatic rings. The molecule has 7 nitrogen and oxygen atoms in total. The molecular formula is C32H35FN4O3S. The van der Waals surface area contributed by atoms with Crippen LogP contribution in [0.25, 0.3) is 10.1 Å². The molecule has 0 aliphatic heterocycles. The summed E-state index contributed by atoms with van der Waals surface area (Å²) >= 11 is 1.57. The number of fused-ring (bicyclic) bond motifs is 1. The van der Waals surface area contributed by atoms with Gasteiger partial charge in [-0.2, -0.15) is 0 Å². The van der Waals surface area contributed by atoms with E-state index in [2.05, 4.69) is 5.32 Å². The first-order valence-corrected chi connectivity index (χ1v) is 14.3. The number of hydrogen-bond acceptors (Lipinski definition) is 5. The highest BCUT2D eigenvalue weighted by atomic mass is 32.1. The Labute approximate surface area is 243 Å². The Kier molecular flexibility index (Phi) is 9.52. The van der Waals surface area contributed by atoms with Crippen LogP contribution in [0.5, 0.6) is 0 Å². The number of carbonyl (C=O) groups excluding carboxylic acids is 3. The second-order valence-corrected chi connectivity index (χ2v) is 11.1. The third-order valence-corrected chi connectivity index (χ3v) is 8.45. The van der Waals surface area contributed by atoms with Crippen molar-refractivity contribution < 1.29 is 18.8 Å². The van der Waals surface area contributed by atoms with Crippen molar-refractivity contribution in [3.8, 4) is 0 Å². The number of likely N-dealkylation sites (N-methyl/N-ethyl adjacent to an activating group) is 3. The number of nitrogens with zero attached hydrogens (tertiary/aromatic N) is 2. The minimum absolute atomic E-state index is 0.0171. The zero-order valence-corrected chi connectivity index (χ0v) is 24.5. The summed E-state index contributed by atoms with van der Waals surface area (Å²) in [7, 11) is 4.60. The van der Waals surface area contributed by atoms with Gasteiger partial charge in [-0.05, 0) is 58.6 Å². The molecule has 0 saturated heterocycles. The molecule has 3 aromatic carbocycles. The summed E-state index contributed by atoms with van der Waals surface area (Å²) in [6, 6.07) is 18.9. The van der Waals surface area contributed by atoms with E-state index in [0.29, 0.717) is 11.1 Å². The Balaban J connectivity index is 1.71. The lowest BCUT2D eigenvalue weighted by Gasteiger charge is -2.34. The number of carbonyl (C=O) groups is 3. The minimum atomic E-state index is -0.990. The molecule has 0 spiro atoms. The zero-order chi connectivity index (χ0) is 29.7. The van der Waals surface area contributed by atoms with Gasteiger partial charge in [0.2, 0.25) is 11.8 Å². The molecule has 9 heteroatoms. The maximum Gasteiger partial charge on any atom is 0.254 e. The molecule has 1 aromatic heterocycles. The number of benzene rings is 3. The molecule has 3 N–H and O–H groups in total. The van der Waals surface area contributed by atoms with Crippen LogP contribution in [-0.2, 0) is 22.4 Å². The summed E-state index contributed by atoms with van der Waals surface area (Å²) in [5, 5.41) is 5.60. The number of thiophene rings is 1. The molecule has 0 bridgehead atoms. The van der Waals surface area contributed by atoms with Crippen molar-refractivity contribution in [2.45, 2.75) is 37.9 Å². The summed E-state index contributed by atoms with van der Waals surface area (Å²) in [5.74, 6) is -1.65. The molecule has 3 amide bonds. The summed E-state index contributed by atoms with van der Waals surface area (Å²) in [4.78, 5) is 43.7.